The molecule has 23 heavy (non-hydrogen) atoms. The number of nitrogens with one attached hydrogen (secondary N) is 1. The minimum Gasteiger partial charge on any atom is -0.481 e. The molecule has 0 bridgehead atoms. The molecule has 0 aliphatic heterocycles. The van der Waals surface area contributed by atoms with Gasteiger partial charge in [0.1, 0.15) is 0 Å². The van der Waals surface area contributed by atoms with Crippen LogP contribution in [0.3, 0.4) is 0 Å². The second-order valence-corrected chi connectivity index (χ2v) is 6.19. The molecule has 2 rings (SSSR count). The van der Waals surface area contributed by atoms with Crippen LogP contribution in [0.5, 0.6) is 0 Å². The average Bonchev–Trinajstić information content (AvgIpc) is 2.79. The number of carboxylic acid groups (broad SMARTS) is 1. The number of hydrogen-bond donors (Lipinski definition) is 2. The van der Waals surface area contributed by atoms with Crippen molar-refractivity contribution in [2.75, 3.05) is 6.54 Å². The average molecular weight is 380 g/mol. The van der Waals surface area contributed by atoms with E-state index < -0.39 is 11.9 Å². The first-order chi connectivity index (χ1) is 10.8. The van der Waals surface area contributed by atoms with Gasteiger partial charge in [-0.05, 0) is 54.0 Å². The molecule has 0 saturated heterocycles. The summed E-state index contributed by atoms with van der Waals surface area (Å²) in [5.41, 5.74) is 3.21. The van der Waals surface area contributed by atoms with Gasteiger partial charge in [-0.25, -0.2) is 4.68 Å². The van der Waals surface area contributed by atoms with Gasteiger partial charge in [0.2, 0.25) is 0 Å². The zero-order valence-corrected chi connectivity index (χ0v) is 14.7. The van der Waals surface area contributed by atoms with Crippen molar-refractivity contribution in [1.29, 1.82) is 0 Å². The van der Waals surface area contributed by atoms with E-state index in [0.29, 0.717) is 5.56 Å². The lowest BCUT2D eigenvalue weighted by atomic mass is 10.1. The predicted octanol–water partition coefficient (Wildman–Crippen LogP) is 2.70. The van der Waals surface area contributed by atoms with Crippen molar-refractivity contribution < 1.29 is 14.7 Å². The molecular formula is C16H18BrN3O3. The maximum Gasteiger partial charge on any atom is 0.308 e. The van der Waals surface area contributed by atoms with Crippen molar-refractivity contribution in [3.05, 3.63) is 45.7 Å². The molecule has 0 fully saturated rings. The molecule has 122 valence electrons. The zero-order valence-electron chi connectivity index (χ0n) is 13.1. The molecule has 7 heteroatoms. The third-order valence-corrected chi connectivity index (χ3v) is 4.72. The molecule has 0 radical (unpaired) electrons. The molecule has 0 aliphatic carbocycles. The standard InChI is InChI=1S/C16H18BrN3O3/c1-9(16(22)23)8-18-15(21)12-4-6-13(7-5-12)20-11(3)14(17)10(2)19-20/h4-7,9H,8H2,1-3H3,(H,18,21)(H,22,23). The van der Waals surface area contributed by atoms with E-state index in [1.807, 2.05) is 13.8 Å². The molecule has 1 heterocycles. The molecule has 2 N–H and O–H groups in total. The van der Waals surface area contributed by atoms with Gasteiger partial charge < -0.3 is 10.4 Å². The van der Waals surface area contributed by atoms with Crippen molar-refractivity contribution in [1.82, 2.24) is 15.1 Å². The molecule has 2 aromatic rings. The molecule has 1 unspecified atom stereocenters. The fourth-order valence-electron chi connectivity index (χ4n) is 2.06. The van der Waals surface area contributed by atoms with Crippen molar-refractivity contribution in [3.63, 3.8) is 0 Å². The van der Waals surface area contributed by atoms with Crippen molar-refractivity contribution in [3.8, 4) is 5.69 Å². The van der Waals surface area contributed by atoms with E-state index >= 15 is 0 Å². The molecule has 6 nitrogen and oxygen atoms in total. The lowest BCUT2D eigenvalue weighted by molar-refractivity contribution is -0.140. The van der Waals surface area contributed by atoms with E-state index in [1.54, 1.807) is 35.9 Å². The van der Waals surface area contributed by atoms with Crippen LogP contribution in [0.2, 0.25) is 0 Å². The minimum atomic E-state index is -0.934. The van der Waals surface area contributed by atoms with Gasteiger partial charge in [-0.3, -0.25) is 9.59 Å². The Bertz CT molecular complexity index is 738. The summed E-state index contributed by atoms with van der Waals surface area (Å²) in [4.78, 5) is 22.8. The summed E-state index contributed by atoms with van der Waals surface area (Å²) in [6, 6.07) is 7.00. The molecule has 0 aliphatic rings. The van der Waals surface area contributed by atoms with Crippen LogP contribution >= 0.6 is 15.9 Å². The van der Waals surface area contributed by atoms with Gasteiger partial charge in [-0.1, -0.05) is 6.92 Å². The molecular weight excluding hydrogens is 362 g/mol. The lowest BCUT2D eigenvalue weighted by Crippen LogP contribution is -2.31. The highest BCUT2D eigenvalue weighted by Crippen LogP contribution is 2.23. The minimum absolute atomic E-state index is 0.0975. The van der Waals surface area contributed by atoms with Gasteiger partial charge in [-0.15, -0.1) is 0 Å². The number of carbonyl (C=O) groups excluding carboxylic acids is 1. The second-order valence-electron chi connectivity index (χ2n) is 5.39. The Morgan fingerprint density at radius 1 is 1.30 bits per heavy atom. The smallest absolute Gasteiger partial charge is 0.308 e. The highest BCUT2D eigenvalue weighted by molar-refractivity contribution is 9.10. The number of hydrogen-bond acceptors (Lipinski definition) is 3. The van der Waals surface area contributed by atoms with Gasteiger partial charge in [-0.2, -0.15) is 5.10 Å². The largest absolute Gasteiger partial charge is 0.481 e. The summed E-state index contributed by atoms with van der Waals surface area (Å²) in [6.07, 6.45) is 0. The normalized spacial score (nSPS) is 12.0. The van der Waals surface area contributed by atoms with E-state index in [2.05, 4.69) is 26.3 Å². The monoisotopic (exact) mass is 379 g/mol. The van der Waals surface area contributed by atoms with Crippen LogP contribution < -0.4 is 5.32 Å². The number of rotatable bonds is 5. The van der Waals surface area contributed by atoms with Crippen LogP contribution in [-0.2, 0) is 4.79 Å². The maximum absolute atomic E-state index is 12.0. The Hall–Kier alpha value is -2.15. The SMILES string of the molecule is Cc1nn(-c2ccc(C(=O)NCC(C)C(=O)O)cc2)c(C)c1Br. The summed E-state index contributed by atoms with van der Waals surface area (Å²) in [7, 11) is 0. The van der Waals surface area contributed by atoms with Crippen molar-refractivity contribution in [2.45, 2.75) is 20.8 Å². The Kier molecular flexibility index (Phi) is 5.20. The first kappa shape index (κ1) is 17.2. The molecule has 0 spiro atoms. The first-order valence-corrected chi connectivity index (χ1v) is 7.93. The Morgan fingerprint density at radius 2 is 1.91 bits per heavy atom. The summed E-state index contributed by atoms with van der Waals surface area (Å²) >= 11 is 3.49. The highest BCUT2D eigenvalue weighted by Gasteiger charge is 2.14. The molecule has 1 aromatic heterocycles. The van der Waals surface area contributed by atoms with Crippen LogP contribution in [0.1, 0.15) is 28.7 Å². The number of aliphatic carboxylic acids is 1. The van der Waals surface area contributed by atoms with Crippen molar-refractivity contribution >= 4 is 27.8 Å². The molecule has 1 atom stereocenters. The summed E-state index contributed by atoms with van der Waals surface area (Å²) < 4.78 is 2.76. The van der Waals surface area contributed by atoms with Crippen LogP contribution in [0, 0.1) is 19.8 Å². The number of halogens is 1. The number of aryl methyl sites for hydroxylation is 1. The van der Waals surface area contributed by atoms with Gasteiger partial charge >= 0.3 is 5.97 Å². The first-order valence-electron chi connectivity index (χ1n) is 7.14. The van der Waals surface area contributed by atoms with Crippen LogP contribution in [0.15, 0.2) is 28.7 Å². The van der Waals surface area contributed by atoms with E-state index in [4.69, 9.17) is 5.11 Å². The number of carbonyl (C=O) groups is 2. The van der Waals surface area contributed by atoms with E-state index in [1.165, 1.54) is 0 Å². The highest BCUT2D eigenvalue weighted by atomic mass is 79.9. The van der Waals surface area contributed by atoms with Gasteiger partial charge in [0.05, 0.1) is 27.5 Å². The third kappa shape index (κ3) is 3.79. The van der Waals surface area contributed by atoms with E-state index in [-0.39, 0.29) is 12.5 Å². The van der Waals surface area contributed by atoms with Crippen LogP contribution in [0.4, 0.5) is 0 Å². The summed E-state index contributed by atoms with van der Waals surface area (Å²) in [5.74, 6) is -1.85. The Balaban J connectivity index is 2.11. The van der Waals surface area contributed by atoms with Gasteiger partial charge in [0.25, 0.3) is 5.91 Å². The number of aromatic nitrogens is 2. The molecule has 1 amide bonds. The number of benzene rings is 1. The lowest BCUT2D eigenvalue weighted by Gasteiger charge is -2.09. The van der Waals surface area contributed by atoms with Crippen molar-refractivity contribution in [2.24, 2.45) is 5.92 Å². The zero-order chi connectivity index (χ0) is 17.1. The Morgan fingerprint density at radius 3 is 2.39 bits per heavy atom. The fraction of sp³-hybridized carbons (Fsp3) is 0.312. The van der Waals surface area contributed by atoms with Gasteiger partial charge in [0.15, 0.2) is 0 Å². The molecule has 1 aromatic carbocycles. The van der Waals surface area contributed by atoms with Gasteiger partial charge in [0, 0.05) is 12.1 Å². The summed E-state index contributed by atoms with van der Waals surface area (Å²) in [6.45, 7) is 5.52. The third-order valence-electron chi connectivity index (χ3n) is 3.57. The quantitative estimate of drug-likeness (QED) is 0.836. The number of amides is 1. The Labute approximate surface area is 142 Å². The topological polar surface area (TPSA) is 84.2 Å². The van der Waals surface area contributed by atoms with E-state index in [0.717, 1.165) is 21.5 Å². The van der Waals surface area contributed by atoms with Crippen LogP contribution in [-0.4, -0.2) is 33.3 Å². The number of carboxylic acids is 1. The molecule has 0 saturated carbocycles. The predicted molar refractivity (Wildman–Crippen MR) is 89.9 cm³/mol. The second kappa shape index (κ2) is 6.95. The maximum atomic E-state index is 12.0. The summed E-state index contributed by atoms with van der Waals surface area (Å²) in [5, 5.41) is 15.9. The number of nitrogens with zero attached hydrogens (tertiary/aromatic N) is 2. The van der Waals surface area contributed by atoms with E-state index in [9.17, 15) is 9.59 Å². The van der Waals surface area contributed by atoms with Crippen LogP contribution in [0.25, 0.3) is 5.69 Å². The fourth-order valence-corrected chi connectivity index (χ4v) is 2.31.